The number of carbonyl (C=O) groups excluding carboxylic acids is 1. The Kier molecular flexibility index (Phi) is 6.84. The zero-order valence-electron chi connectivity index (χ0n) is 17.4. The fourth-order valence-corrected chi connectivity index (χ4v) is 5.09. The predicted molar refractivity (Wildman–Crippen MR) is 128 cm³/mol. The van der Waals surface area contributed by atoms with Crippen LogP contribution < -0.4 is 9.64 Å². The van der Waals surface area contributed by atoms with Crippen molar-refractivity contribution in [3.05, 3.63) is 78.1 Å². The number of fused-ring (bicyclic) bond motifs is 1. The molecule has 0 atom stereocenters. The number of carbonyl (C=O) groups is 1. The number of nitrogens with zero attached hydrogens (tertiary/aromatic N) is 3. The van der Waals surface area contributed by atoms with E-state index in [4.69, 9.17) is 9.72 Å². The molecule has 5 nitrogen and oxygen atoms in total. The summed E-state index contributed by atoms with van der Waals surface area (Å²) in [6, 6.07) is 17.9. The number of hydrogen-bond acceptors (Lipinski definition) is 6. The molecule has 0 fully saturated rings. The number of hydrogen-bond donors (Lipinski definition) is 0. The Morgan fingerprint density at radius 3 is 2.68 bits per heavy atom. The molecule has 0 unspecified atom stereocenters. The average Bonchev–Trinajstić information content (AvgIpc) is 3.24. The highest BCUT2D eigenvalue weighted by atomic mass is 32.2. The van der Waals surface area contributed by atoms with Gasteiger partial charge in [0.05, 0.1) is 23.9 Å². The van der Waals surface area contributed by atoms with E-state index >= 15 is 0 Å². The van der Waals surface area contributed by atoms with Crippen LogP contribution in [0.3, 0.4) is 0 Å². The molecule has 0 aliphatic carbocycles. The summed E-state index contributed by atoms with van der Waals surface area (Å²) in [5.41, 5.74) is 3.05. The molecule has 31 heavy (non-hydrogen) atoms. The van der Waals surface area contributed by atoms with Gasteiger partial charge in [-0.2, -0.15) is 0 Å². The van der Waals surface area contributed by atoms with Crippen LogP contribution in [0.4, 0.5) is 5.13 Å². The molecule has 2 heterocycles. The van der Waals surface area contributed by atoms with E-state index in [-0.39, 0.29) is 5.91 Å². The van der Waals surface area contributed by atoms with E-state index < -0.39 is 0 Å². The molecule has 0 saturated carbocycles. The molecule has 0 radical (unpaired) electrons. The first-order valence-electron chi connectivity index (χ1n) is 9.96. The monoisotopic (exact) mass is 449 g/mol. The quantitative estimate of drug-likeness (QED) is 0.322. The van der Waals surface area contributed by atoms with E-state index in [2.05, 4.69) is 11.1 Å². The van der Waals surface area contributed by atoms with Gasteiger partial charge in [-0.05, 0) is 54.4 Å². The molecule has 4 rings (SSSR count). The molecule has 0 N–H and O–H groups in total. The second kappa shape index (κ2) is 9.94. The van der Waals surface area contributed by atoms with Crippen LogP contribution in [0.1, 0.15) is 17.5 Å². The maximum absolute atomic E-state index is 13.2. The Morgan fingerprint density at radius 2 is 1.97 bits per heavy atom. The minimum atomic E-state index is 0.0570. The van der Waals surface area contributed by atoms with Crippen molar-refractivity contribution in [1.82, 2.24) is 9.97 Å². The van der Waals surface area contributed by atoms with E-state index in [9.17, 15) is 4.79 Å². The fraction of sp³-hybridized carbons (Fsp3) is 0.208. The number of benzene rings is 2. The Morgan fingerprint density at radius 1 is 1.13 bits per heavy atom. The Bertz CT molecular complexity index is 1160. The van der Waals surface area contributed by atoms with E-state index in [1.165, 1.54) is 0 Å². The van der Waals surface area contributed by atoms with Gasteiger partial charge in [0.15, 0.2) is 5.13 Å². The molecule has 0 saturated heterocycles. The molecule has 2 aromatic carbocycles. The van der Waals surface area contributed by atoms with Crippen LogP contribution in [0.25, 0.3) is 10.2 Å². The van der Waals surface area contributed by atoms with E-state index in [0.717, 1.165) is 37.1 Å². The zero-order chi connectivity index (χ0) is 21.6. The zero-order valence-corrected chi connectivity index (χ0v) is 19.1. The first-order chi connectivity index (χ1) is 15.1. The highest BCUT2D eigenvalue weighted by Crippen LogP contribution is 2.32. The standard InChI is InChI=1S/C24H23N3O2S2/c1-17-5-3-7-21-23(17)26-24(31-21)27(16-18-6-4-13-25-15-18)22(28)12-14-30-20-10-8-19(29-2)9-11-20/h3-11,13,15H,12,14,16H2,1-2H3. The maximum atomic E-state index is 13.2. The van der Waals surface area contributed by atoms with Crippen molar-refractivity contribution in [1.29, 1.82) is 0 Å². The van der Waals surface area contributed by atoms with Crippen LogP contribution in [0.2, 0.25) is 0 Å². The number of aryl methyl sites for hydroxylation is 1. The highest BCUT2D eigenvalue weighted by molar-refractivity contribution is 7.99. The minimum absolute atomic E-state index is 0.0570. The normalized spacial score (nSPS) is 10.9. The topological polar surface area (TPSA) is 55.3 Å². The molecule has 0 spiro atoms. The van der Waals surface area contributed by atoms with E-state index in [1.807, 2.05) is 55.5 Å². The minimum Gasteiger partial charge on any atom is -0.497 e. The largest absolute Gasteiger partial charge is 0.497 e. The summed E-state index contributed by atoms with van der Waals surface area (Å²) in [6.45, 7) is 2.50. The molecule has 0 bridgehead atoms. The van der Waals surface area contributed by atoms with Gasteiger partial charge in [0.25, 0.3) is 0 Å². The van der Waals surface area contributed by atoms with Crippen molar-refractivity contribution in [3.63, 3.8) is 0 Å². The second-order valence-corrected chi connectivity index (χ2v) is 9.21. The second-order valence-electron chi connectivity index (χ2n) is 7.03. The van der Waals surface area contributed by atoms with Gasteiger partial charge >= 0.3 is 0 Å². The summed E-state index contributed by atoms with van der Waals surface area (Å²) < 4.78 is 6.29. The Hall–Kier alpha value is -2.90. The third-order valence-corrected chi connectivity index (χ3v) is 6.91. The van der Waals surface area contributed by atoms with Crippen molar-refractivity contribution < 1.29 is 9.53 Å². The van der Waals surface area contributed by atoms with Gasteiger partial charge in [-0.25, -0.2) is 4.98 Å². The smallest absolute Gasteiger partial charge is 0.229 e. The number of para-hydroxylation sites is 1. The van der Waals surface area contributed by atoms with E-state index in [1.54, 1.807) is 47.5 Å². The van der Waals surface area contributed by atoms with Crippen molar-refractivity contribution in [3.8, 4) is 5.75 Å². The number of pyridine rings is 1. The van der Waals surface area contributed by atoms with Gasteiger partial charge in [0, 0.05) is 29.5 Å². The SMILES string of the molecule is COc1ccc(SCCC(=O)N(Cc2cccnc2)c2nc3c(C)cccc3s2)cc1. The van der Waals surface area contributed by atoms with Crippen LogP contribution in [-0.2, 0) is 11.3 Å². The van der Waals surface area contributed by atoms with Crippen LogP contribution in [0, 0.1) is 6.92 Å². The average molecular weight is 450 g/mol. The third kappa shape index (κ3) is 5.24. The number of amides is 1. The summed E-state index contributed by atoms with van der Waals surface area (Å²) in [6.07, 6.45) is 3.96. The van der Waals surface area contributed by atoms with E-state index in [0.29, 0.717) is 18.7 Å². The van der Waals surface area contributed by atoms with Crippen LogP contribution in [0.5, 0.6) is 5.75 Å². The molecule has 0 aliphatic heterocycles. The number of aromatic nitrogens is 2. The third-order valence-electron chi connectivity index (χ3n) is 4.85. The van der Waals surface area contributed by atoms with Gasteiger partial charge in [-0.1, -0.05) is 29.5 Å². The van der Waals surface area contributed by atoms with Crippen LogP contribution >= 0.6 is 23.1 Å². The van der Waals surface area contributed by atoms with Gasteiger partial charge in [0.2, 0.25) is 5.91 Å². The van der Waals surface area contributed by atoms with Crippen molar-refractivity contribution >= 4 is 44.4 Å². The number of ether oxygens (including phenoxy) is 1. The van der Waals surface area contributed by atoms with Crippen LogP contribution in [-0.4, -0.2) is 28.7 Å². The molecule has 7 heteroatoms. The van der Waals surface area contributed by atoms with Crippen molar-refractivity contribution in [2.24, 2.45) is 0 Å². The first-order valence-corrected chi connectivity index (χ1v) is 11.8. The lowest BCUT2D eigenvalue weighted by Gasteiger charge is -2.20. The van der Waals surface area contributed by atoms with Gasteiger partial charge < -0.3 is 4.74 Å². The summed E-state index contributed by atoms with van der Waals surface area (Å²) in [4.78, 5) is 25.1. The molecule has 4 aromatic rings. The number of anilines is 1. The molecular weight excluding hydrogens is 426 g/mol. The summed E-state index contributed by atoms with van der Waals surface area (Å²) in [5.74, 6) is 1.58. The lowest BCUT2D eigenvalue weighted by Crippen LogP contribution is -2.30. The predicted octanol–water partition coefficient (Wildman–Crippen LogP) is 5.72. The molecule has 2 aromatic heterocycles. The lowest BCUT2D eigenvalue weighted by molar-refractivity contribution is -0.118. The molecular formula is C24H23N3O2S2. The number of thiazole rings is 1. The molecule has 158 valence electrons. The lowest BCUT2D eigenvalue weighted by atomic mass is 10.2. The Labute approximate surface area is 190 Å². The van der Waals surface area contributed by atoms with Crippen molar-refractivity contribution in [2.45, 2.75) is 24.8 Å². The first kappa shape index (κ1) is 21.3. The highest BCUT2D eigenvalue weighted by Gasteiger charge is 2.20. The fourth-order valence-electron chi connectivity index (χ4n) is 3.19. The van der Waals surface area contributed by atoms with Crippen molar-refractivity contribution in [2.75, 3.05) is 17.8 Å². The summed E-state index contributed by atoms with van der Waals surface area (Å²) >= 11 is 3.22. The summed E-state index contributed by atoms with van der Waals surface area (Å²) in [7, 11) is 1.65. The number of thioether (sulfide) groups is 1. The Balaban J connectivity index is 1.51. The number of rotatable bonds is 8. The van der Waals surface area contributed by atoms with Gasteiger partial charge in [0.1, 0.15) is 5.75 Å². The van der Waals surface area contributed by atoms with Gasteiger partial charge in [-0.3, -0.25) is 14.7 Å². The number of methoxy groups -OCH3 is 1. The molecule has 1 amide bonds. The van der Waals surface area contributed by atoms with Crippen LogP contribution in [0.15, 0.2) is 71.9 Å². The molecule has 0 aliphatic rings. The summed E-state index contributed by atoms with van der Waals surface area (Å²) in [5, 5.41) is 0.729. The maximum Gasteiger partial charge on any atom is 0.229 e. The van der Waals surface area contributed by atoms with Gasteiger partial charge in [-0.15, -0.1) is 11.8 Å².